The zero-order valence-corrected chi connectivity index (χ0v) is 5.70. The Bertz CT molecular complexity index is 215. The molecule has 60 valence electrons. The molecule has 1 heterocycles. The molecular weight excluding hydrogens is 152 g/mol. The molecule has 11 heavy (non-hydrogen) atoms. The molecule has 0 bridgehead atoms. The number of amides is 4. The summed E-state index contributed by atoms with van der Waals surface area (Å²) in [6.45, 7) is 0. The second-order valence-electron chi connectivity index (χ2n) is 2.09. The van der Waals surface area contributed by atoms with Crippen molar-refractivity contribution < 1.29 is 19.5 Å². The number of nitrogens with zero attached hydrogens (tertiary/aromatic N) is 1. The number of nitrogens with one attached hydrogen (secondary N) is 1. The smallest absolute Gasteiger partial charge is 0.330 e. The lowest BCUT2D eigenvalue weighted by Crippen LogP contribution is -2.59. The molecule has 1 rings (SSSR count). The highest BCUT2D eigenvalue weighted by molar-refractivity contribution is 6.17. The Balaban J connectivity index is 2.87. The van der Waals surface area contributed by atoms with Gasteiger partial charge in [-0.05, 0) is 0 Å². The van der Waals surface area contributed by atoms with Crippen molar-refractivity contribution in [2.24, 2.45) is 0 Å². The first-order valence-electron chi connectivity index (χ1n) is 2.84. The SMILES string of the molecule is CN1C(=O)NC(=O)C(O)C1=O. The molecule has 1 unspecified atom stereocenters. The van der Waals surface area contributed by atoms with E-state index in [0.717, 1.165) is 0 Å². The fourth-order valence-electron chi connectivity index (χ4n) is 0.653. The Morgan fingerprint density at radius 2 is 2.00 bits per heavy atom. The van der Waals surface area contributed by atoms with Gasteiger partial charge in [0, 0.05) is 7.05 Å². The minimum absolute atomic E-state index is 0.645. The largest absolute Gasteiger partial charge is 0.375 e. The molecule has 4 amide bonds. The zero-order chi connectivity index (χ0) is 8.59. The Morgan fingerprint density at radius 1 is 1.45 bits per heavy atom. The van der Waals surface area contributed by atoms with Crippen LogP contribution in [0.4, 0.5) is 4.79 Å². The summed E-state index contributed by atoms with van der Waals surface area (Å²) in [6, 6.07) is -0.815. The maximum absolute atomic E-state index is 10.7. The van der Waals surface area contributed by atoms with Crippen LogP contribution in [0.25, 0.3) is 0 Å². The number of hydrogen-bond donors (Lipinski definition) is 2. The number of barbiturate groups is 1. The molecule has 1 fully saturated rings. The summed E-state index contributed by atoms with van der Waals surface area (Å²) >= 11 is 0. The molecule has 1 aliphatic heterocycles. The van der Waals surface area contributed by atoms with E-state index in [0.29, 0.717) is 4.90 Å². The second-order valence-corrected chi connectivity index (χ2v) is 2.09. The predicted octanol–water partition coefficient (Wildman–Crippen LogP) is -1.94. The van der Waals surface area contributed by atoms with Gasteiger partial charge in [-0.2, -0.15) is 0 Å². The number of rotatable bonds is 0. The molecule has 0 aromatic rings. The van der Waals surface area contributed by atoms with Crippen LogP contribution < -0.4 is 5.32 Å². The van der Waals surface area contributed by atoms with E-state index < -0.39 is 23.9 Å². The summed E-state index contributed by atoms with van der Waals surface area (Å²) in [4.78, 5) is 32.5. The molecule has 0 aliphatic carbocycles. The molecule has 0 aromatic heterocycles. The van der Waals surface area contributed by atoms with Crippen molar-refractivity contribution in [3.63, 3.8) is 0 Å². The summed E-state index contributed by atoms with van der Waals surface area (Å²) in [5, 5.41) is 10.6. The van der Waals surface area contributed by atoms with E-state index in [1.807, 2.05) is 0 Å². The number of hydrogen-bond acceptors (Lipinski definition) is 4. The number of aliphatic hydroxyl groups is 1. The maximum Gasteiger partial charge on any atom is 0.330 e. The van der Waals surface area contributed by atoms with Gasteiger partial charge in [-0.25, -0.2) is 4.79 Å². The molecule has 1 atom stereocenters. The summed E-state index contributed by atoms with van der Waals surface area (Å²) < 4.78 is 0. The minimum atomic E-state index is -1.75. The summed E-state index contributed by atoms with van der Waals surface area (Å²) in [5.41, 5.74) is 0. The Morgan fingerprint density at radius 3 is 2.55 bits per heavy atom. The van der Waals surface area contributed by atoms with Crippen LogP contribution in [0.15, 0.2) is 0 Å². The van der Waals surface area contributed by atoms with E-state index >= 15 is 0 Å². The average molecular weight is 158 g/mol. The second kappa shape index (κ2) is 2.31. The first-order valence-corrected chi connectivity index (χ1v) is 2.84. The van der Waals surface area contributed by atoms with Crippen molar-refractivity contribution in [2.75, 3.05) is 7.05 Å². The molecule has 6 heteroatoms. The van der Waals surface area contributed by atoms with Crippen LogP contribution in [-0.2, 0) is 9.59 Å². The zero-order valence-electron chi connectivity index (χ0n) is 5.70. The van der Waals surface area contributed by atoms with Gasteiger partial charge in [0.2, 0.25) is 6.10 Å². The van der Waals surface area contributed by atoms with E-state index in [4.69, 9.17) is 5.11 Å². The quantitative estimate of drug-likeness (QED) is 0.401. The summed E-state index contributed by atoms with van der Waals surface area (Å²) in [7, 11) is 1.17. The monoisotopic (exact) mass is 158 g/mol. The minimum Gasteiger partial charge on any atom is -0.375 e. The van der Waals surface area contributed by atoms with E-state index in [1.165, 1.54) is 7.05 Å². The molecule has 1 aliphatic rings. The van der Waals surface area contributed by atoms with Crippen LogP contribution in [0.2, 0.25) is 0 Å². The number of carbonyl (C=O) groups excluding carboxylic acids is 3. The van der Waals surface area contributed by atoms with Crippen molar-refractivity contribution in [3.8, 4) is 0 Å². The first kappa shape index (κ1) is 7.67. The van der Waals surface area contributed by atoms with Gasteiger partial charge in [-0.15, -0.1) is 0 Å². The third-order valence-electron chi connectivity index (χ3n) is 1.35. The first-order chi connectivity index (χ1) is 5.04. The van der Waals surface area contributed by atoms with Crippen LogP contribution in [0.3, 0.4) is 0 Å². The summed E-state index contributed by atoms with van der Waals surface area (Å²) in [6.07, 6.45) is -1.75. The molecule has 0 radical (unpaired) electrons. The van der Waals surface area contributed by atoms with Gasteiger partial charge in [0.15, 0.2) is 0 Å². The predicted molar refractivity (Wildman–Crippen MR) is 32.3 cm³/mol. The van der Waals surface area contributed by atoms with Gasteiger partial charge in [0.25, 0.3) is 11.8 Å². The van der Waals surface area contributed by atoms with E-state index in [-0.39, 0.29) is 0 Å². The fourth-order valence-corrected chi connectivity index (χ4v) is 0.653. The Labute approximate surface area is 61.8 Å². The number of urea groups is 1. The van der Waals surface area contributed by atoms with Crippen LogP contribution in [0.5, 0.6) is 0 Å². The lowest BCUT2D eigenvalue weighted by atomic mass is 10.2. The number of carbonyl (C=O) groups is 3. The molecule has 0 spiro atoms. The van der Waals surface area contributed by atoms with Crippen LogP contribution in [0, 0.1) is 0 Å². The lowest BCUT2D eigenvalue weighted by molar-refractivity contribution is -0.147. The average Bonchev–Trinajstić information content (AvgIpc) is 1.97. The van der Waals surface area contributed by atoms with E-state index in [9.17, 15) is 14.4 Å². The molecule has 0 aromatic carbocycles. The van der Waals surface area contributed by atoms with Crippen LogP contribution in [-0.4, -0.2) is 41.0 Å². The molecule has 0 saturated carbocycles. The van der Waals surface area contributed by atoms with Crippen molar-refractivity contribution in [1.29, 1.82) is 0 Å². The van der Waals surface area contributed by atoms with Gasteiger partial charge in [-0.3, -0.25) is 19.8 Å². The van der Waals surface area contributed by atoms with Gasteiger partial charge in [0.05, 0.1) is 0 Å². The fraction of sp³-hybridized carbons (Fsp3) is 0.400. The normalized spacial score (nSPS) is 25.5. The number of likely N-dealkylation sites (N-methyl/N-ethyl adjacent to an activating group) is 1. The Kier molecular flexibility index (Phi) is 1.61. The number of imide groups is 2. The number of aliphatic hydroxyl groups excluding tert-OH is 1. The van der Waals surface area contributed by atoms with Gasteiger partial charge >= 0.3 is 6.03 Å². The lowest BCUT2D eigenvalue weighted by Gasteiger charge is -2.23. The van der Waals surface area contributed by atoms with Crippen molar-refractivity contribution in [1.82, 2.24) is 10.2 Å². The van der Waals surface area contributed by atoms with Gasteiger partial charge in [-0.1, -0.05) is 0 Å². The highest BCUT2D eigenvalue weighted by atomic mass is 16.3. The highest BCUT2D eigenvalue weighted by Gasteiger charge is 2.36. The van der Waals surface area contributed by atoms with Crippen molar-refractivity contribution in [2.45, 2.75) is 6.10 Å². The van der Waals surface area contributed by atoms with Crippen LogP contribution >= 0.6 is 0 Å². The van der Waals surface area contributed by atoms with E-state index in [1.54, 1.807) is 5.32 Å². The highest BCUT2D eigenvalue weighted by Crippen LogP contribution is 1.99. The van der Waals surface area contributed by atoms with Crippen LogP contribution in [0.1, 0.15) is 0 Å². The topological polar surface area (TPSA) is 86.7 Å². The molecule has 2 N–H and O–H groups in total. The molecule has 6 nitrogen and oxygen atoms in total. The third kappa shape index (κ3) is 1.07. The standard InChI is InChI=1S/C5H6N2O4/c1-7-4(10)2(8)3(9)6-5(7)11/h2,8H,1H3,(H,6,9,11). The Hall–Kier alpha value is -1.43. The molecule has 1 saturated heterocycles. The van der Waals surface area contributed by atoms with Gasteiger partial charge in [0.1, 0.15) is 0 Å². The molecular formula is C5H6N2O4. The summed E-state index contributed by atoms with van der Waals surface area (Å²) in [5.74, 6) is -1.88. The third-order valence-corrected chi connectivity index (χ3v) is 1.35. The van der Waals surface area contributed by atoms with Crippen molar-refractivity contribution in [3.05, 3.63) is 0 Å². The maximum atomic E-state index is 10.7. The van der Waals surface area contributed by atoms with Crippen molar-refractivity contribution >= 4 is 17.8 Å². The van der Waals surface area contributed by atoms with E-state index in [2.05, 4.69) is 0 Å². The van der Waals surface area contributed by atoms with Gasteiger partial charge < -0.3 is 5.11 Å².